The van der Waals surface area contributed by atoms with E-state index in [0.717, 1.165) is 11.5 Å². The molecule has 0 bridgehead atoms. The molecule has 1 aliphatic rings. The van der Waals surface area contributed by atoms with E-state index in [2.05, 4.69) is 12.2 Å². The van der Waals surface area contributed by atoms with E-state index in [4.69, 9.17) is 16.3 Å². The van der Waals surface area contributed by atoms with Crippen molar-refractivity contribution < 1.29 is 9.84 Å². The average molecular weight is 298 g/mol. The Morgan fingerprint density at radius 1 is 1.35 bits per heavy atom. The van der Waals surface area contributed by atoms with Crippen molar-refractivity contribution in [2.24, 2.45) is 5.92 Å². The maximum atomic E-state index is 10.1. The number of aromatic hydroxyl groups is 1. The molecule has 0 aliphatic heterocycles. The first-order valence-electron chi connectivity index (χ1n) is 7.44. The van der Waals surface area contributed by atoms with E-state index >= 15 is 0 Å². The van der Waals surface area contributed by atoms with Crippen LogP contribution in [0, 0.1) is 5.92 Å². The van der Waals surface area contributed by atoms with Gasteiger partial charge in [-0.25, -0.2) is 0 Å². The van der Waals surface area contributed by atoms with Gasteiger partial charge in [0.25, 0.3) is 0 Å². The van der Waals surface area contributed by atoms with E-state index < -0.39 is 0 Å². The minimum atomic E-state index is 0.188. The SMILES string of the molecule is CCC1CCCCC1NCc1cc(Cl)cc(OC)c1O. The summed E-state index contributed by atoms with van der Waals surface area (Å²) in [4.78, 5) is 0. The Morgan fingerprint density at radius 2 is 2.10 bits per heavy atom. The minimum absolute atomic E-state index is 0.188. The number of rotatable bonds is 5. The summed E-state index contributed by atoms with van der Waals surface area (Å²) in [7, 11) is 1.54. The fourth-order valence-corrected chi connectivity index (χ4v) is 3.36. The molecule has 2 unspecified atom stereocenters. The molecule has 20 heavy (non-hydrogen) atoms. The van der Waals surface area contributed by atoms with Gasteiger partial charge in [-0.2, -0.15) is 0 Å². The summed E-state index contributed by atoms with van der Waals surface area (Å²) in [5.41, 5.74) is 0.801. The van der Waals surface area contributed by atoms with Crippen LogP contribution in [-0.4, -0.2) is 18.3 Å². The first-order valence-corrected chi connectivity index (χ1v) is 7.82. The second-order valence-corrected chi connectivity index (χ2v) is 5.99. The highest BCUT2D eigenvalue weighted by Crippen LogP contribution is 2.34. The third kappa shape index (κ3) is 3.58. The number of hydrogen-bond donors (Lipinski definition) is 2. The molecule has 2 N–H and O–H groups in total. The van der Waals surface area contributed by atoms with Crippen LogP contribution in [0.5, 0.6) is 11.5 Å². The third-order valence-corrected chi connectivity index (χ3v) is 4.54. The van der Waals surface area contributed by atoms with Crippen molar-refractivity contribution in [3.05, 3.63) is 22.7 Å². The number of benzene rings is 1. The summed E-state index contributed by atoms with van der Waals surface area (Å²) in [6.45, 7) is 2.88. The number of methoxy groups -OCH3 is 1. The number of phenolic OH excluding ortho intramolecular Hbond substituents is 1. The number of nitrogens with one attached hydrogen (secondary N) is 1. The summed E-state index contributed by atoms with van der Waals surface area (Å²) in [6.07, 6.45) is 6.37. The summed E-state index contributed by atoms with van der Waals surface area (Å²) in [5, 5.41) is 14.3. The summed E-state index contributed by atoms with van der Waals surface area (Å²) in [6, 6.07) is 3.98. The molecule has 0 amide bonds. The van der Waals surface area contributed by atoms with Gasteiger partial charge in [0.05, 0.1) is 7.11 Å². The largest absolute Gasteiger partial charge is 0.504 e. The van der Waals surface area contributed by atoms with Gasteiger partial charge >= 0.3 is 0 Å². The molecule has 3 nitrogen and oxygen atoms in total. The third-order valence-electron chi connectivity index (χ3n) is 4.33. The summed E-state index contributed by atoms with van der Waals surface area (Å²) >= 11 is 6.06. The zero-order chi connectivity index (χ0) is 14.5. The Bertz CT molecular complexity index is 450. The van der Waals surface area contributed by atoms with Gasteiger partial charge in [-0.3, -0.25) is 0 Å². The number of phenols is 1. The van der Waals surface area contributed by atoms with Crippen molar-refractivity contribution >= 4 is 11.6 Å². The molecule has 1 fully saturated rings. The lowest BCUT2D eigenvalue weighted by Gasteiger charge is -2.31. The molecule has 2 rings (SSSR count). The van der Waals surface area contributed by atoms with Crippen LogP contribution in [0.25, 0.3) is 0 Å². The molecule has 0 heterocycles. The number of hydrogen-bond acceptors (Lipinski definition) is 3. The van der Waals surface area contributed by atoms with Gasteiger partial charge in [0.2, 0.25) is 0 Å². The van der Waals surface area contributed by atoms with Crippen LogP contribution in [0.3, 0.4) is 0 Å². The van der Waals surface area contributed by atoms with Crippen LogP contribution < -0.4 is 10.1 Å². The van der Waals surface area contributed by atoms with E-state index in [9.17, 15) is 5.11 Å². The highest BCUT2D eigenvalue weighted by Gasteiger charge is 2.23. The van der Waals surface area contributed by atoms with Gasteiger partial charge in [-0.15, -0.1) is 0 Å². The van der Waals surface area contributed by atoms with Gasteiger partial charge < -0.3 is 15.2 Å². The molecule has 0 spiro atoms. The highest BCUT2D eigenvalue weighted by molar-refractivity contribution is 6.30. The van der Waals surface area contributed by atoms with Crippen molar-refractivity contribution in [3.63, 3.8) is 0 Å². The van der Waals surface area contributed by atoms with E-state index in [1.54, 1.807) is 12.1 Å². The van der Waals surface area contributed by atoms with E-state index in [1.807, 2.05) is 0 Å². The lowest BCUT2D eigenvalue weighted by atomic mass is 9.83. The molecule has 2 atom stereocenters. The molecule has 1 aliphatic carbocycles. The Hall–Kier alpha value is -0.930. The Morgan fingerprint density at radius 3 is 2.80 bits per heavy atom. The van der Waals surface area contributed by atoms with Crippen molar-refractivity contribution in [3.8, 4) is 11.5 Å². The molecule has 1 saturated carbocycles. The van der Waals surface area contributed by atoms with Gasteiger partial charge in [-0.1, -0.05) is 37.8 Å². The van der Waals surface area contributed by atoms with Gasteiger partial charge in [0.15, 0.2) is 11.5 Å². The highest BCUT2D eigenvalue weighted by atomic mass is 35.5. The van der Waals surface area contributed by atoms with Crippen LogP contribution in [0.1, 0.15) is 44.6 Å². The first kappa shape index (κ1) is 15.5. The van der Waals surface area contributed by atoms with Crippen LogP contribution in [0.2, 0.25) is 5.02 Å². The maximum absolute atomic E-state index is 10.1. The monoisotopic (exact) mass is 297 g/mol. The predicted molar refractivity (Wildman–Crippen MR) is 82.5 cm³/mol. The standard InChI is InChI=1S/C16H24ClNO2/c1-3-11-6-4-5-7-14(11)18-10-12-8-13(17)9-15(20-2)16(12)19/h8-9,11,14,18-19H,3-7,10H2,1-2H3. The van der Waals surface area contributed by atoms with E-state index in [0.29, 0.717) is 23.4 Å². The molecule has 4 heteroatoms. The van der Waals surface area contributed by atoms with Crippen LogP contribution in [0.15, 0.2) is 12.1 Å². The Balaban J connectivity index is 2.04. The van der Waals surface area contributed by atoms with E-state index in [1.165, 1.54) is 39.2 Å². The Labute approximate surface area is 126 Å². The Kier molecular flexibility index (Phi) is 5.55. The molecule has 112 valence electrons. The fraction of sp³-hybridized carbons (Fsp3) is 0.625. The molecule has 0 radical (unpaired) electrons. The predicted octanol–water partition coefficient (Wildman–Crippen LogP) is 4.11. The quantitative estimate of drug-likeness (QED) is 0.859. The molecule has 0 aromatic heterocycles. The maximum Gasteiger partial charge on any atom is 0.162 e. The lowest BCUT2D eigenvalue weighted by molar-refractivity contribution is 0.253. The van der Waals surface area contributed by atoms with Crippen LogP contribution in [0.4, 0.5) is 0 Å². The normalized spacial score (nSPS) is 22.8. The van der Waals surface area contributed by atoms with Crippen molar-refractivity contribution in [2.45, 2.75) is 51.6 Å². The van der Waals surface area contributed by atoms with Crippen LogP contribution >= 0.6 is 11.6 Å². The smallest absolute Gasteiger partial charge is 0.162 e. The molecule has 1 aromatic carbocycles. The first-order chi connectivity index (χ1) is 9.65. The van der Waals surface area contributed by atoms with Gasteiger partial charge in [0.1, 0.15) is 0 Å². The van der Waals surface area contributed by atoms with Crippen molar-refractivity contribution in [1.82, 2.24) is 5.32 Å². The summed E-state index contributed by atoms with van der Waals surface area (Å²) in [5.74, 6) is 1.37. The van der Waals surface area contributed by atoms with Crippen LogP contribution in [-0.2, 0) is 6.54 Å². The average Bonchev–Trinajstić information content (AvgIpc) is 2.48. The van der Waals surface area contributed by atoms with E-state index in [-0.39, 0.29) is 5.75 Å². The second-order valence-electron chi connectivity index (χ2n) is 5.56. The minimum Gasteiger partial charge on any atom is -0.504 e. The zero-order valence-electron chi connectivity index (χ0n) is 12.3. The zero-order valence-corrected chi connectivity index (χ0v) is 13.0. The van der Waals surface area contributed by atoms with Crippen molar-refractivity contribution in [2.75, 3.05) is 7.11 Å². The molecular weight excluding hydrogens is 274 g/mol. The topological polar surface area (TPSA) is 41.5 Å². The molecule has 1 aromatic rings. The number of halogens is 1. The van der Waals surface area contributed by atoms with Gasteiger partial charge in [0, 0.05) is 29.2 Å². The fourth-order valence-electron chi connectivity index (χ4n) is 3.12. The molecule has 0 saturated heterocycles. The lowest BCUT2D eigenvalue weighted by Crippen LogP contribution is -2.37. The summed E-state index contributed by atoms with van der Waals surface area (Å²) < 4.78 is 5.14. The number of ether oxygens (including phenoxy) is 1. The van der Waals surface area contributed by atoms with Gasteiger partial charge in [-0.05, 0) is 24.8 Å². The van der Waals surface area contributed by atoms with Crippen molar-refractivity contribution in [1.29, 1.82) is 0 Å². The molecular formula is C16H24ClNO2. The second kappa shape index (κ2) is 7.19.